The Bertz CT molecular complexity index is 493. The normalized spacial score (nSPS) is 14.8. The first-order chi connectivity index (χ1) is 7.77. The van der Waals surface area contributed by atoms with Gasteiger partial charge in [0, 0.05) is 24.8 Å². The molecular formula is C14H20N2. The molecule has 1 aliphatic carbocycles. The summed E-state index contributed by atoms with van der Waals surface area (Å²) < 4.78 is 2.20. The van der Waals surface area contributed by atoms with Gasteiger partial charge >= 0.3 is 0 Å². The molecule has 0 amide bonds. The van der Waals surface area contributed by atoms with Crippen LogP contribution >= 0.6 is 0 Å². The van der Waals surface area contributed by atoms with Crippen LogP contribution in [0.4, 0.5) is 0 Å². The highest BCUT2D eigenvalue weighted by Crippen LogP contribution is 2.44. The predicted molar refractivity (Wildman–Crippen MR) is 68.8 cm³/mol. The summed E-state index contributed by atoms with van der Waals surface area (Å²) in [4.78, 5) is 4.25. The van der Waals surface area contributed by atoms with E-state index in [4.69, 9.17) is 0 Å². The molecule has 0 unspecified atom stereocenters. The van der Waals surface area contributed by atoms with Crippen LogP contribution in [0.3, 0.4) is 0 Å². The van der Waals surface area contributed by atoms with Crippen LogP contribution in [-0.4, -0.2) is 9.55 Å². The summed E-state index contributed by atoms with van der Waals surface area (Å²) in [6.07, 6.45) is 8.93. The van der Waals surface area contributed by atoms with E-state index >= 15 is 0 Å². The van der Waals surface area contributed by atoms with E-state index in [-0.39, 0.29) is 0 Å². The van der Waals surface area contributed by atoms with Gasteiger partial charge in [-0.15, -0.1) is 0 Å². The summed E-state index contributed by atoms with van der Waals surface area (Å²) in [5.41, 5.74) is 4.11. The number of hydrogen-bond acceptors (Lipinski definition) is 1. The molecule has 2 aromatic heterocycles. The van der Waals surface area contributed by atoms with Crippen LogP contribution < -0.4 is 0 Å². The molecule has 0 atom stereocenters. The monoisotopic (exact) mass is 216 g/mol. The number of rotatable bonds is 1. The minimum Gasteiger partial charge on any atom is -0.349 e. The SMILES string of the molecule is CC.Cc1cncc2c1c(C1CC1)cn2C. The Kier molecular flexibility index (Phi) is 2.99. The van der Waals surface area contributed by atoms with Gasteiger partial charge in [0.1, 0.15) is 0 Å². The van der Waals surface area contributed by atoms with Gasteiger partial charge in [0.2, 0.25) is 0 Å². The van der Waals surface area contributed by atoms with Gasteiger partial charge in [0.25, 0.3) is 0 Å². The molecule has 2 aromatic rings. The maximum atomic E-state index is 4.25. The summed E-state index contributed by atoms with van der Waals surface area (Å²) in [6.45, 7) is 6.15. The van der Waals surface area contributed by atoms with Gasteiger partial charge in [-0.2, -0.15) is 0 Å². The molecule has 86 valence electrons. The predicted octanol–water partition coefficient (Wildman–Crippen LogP) is 3.79. The van der Waals surface area contributed by atoms with Crippen molar-refractivity contribution in [2.24, 2.45) is 7.05 Å². The largest absolute Gasteiger partial charge is 0.349 e. The van der Waals surface area contributed by atoms with Crippen molar-refractivity contribution in [1.29, 1.82) is 0 Å². The smallest absolute Gasteiger partial charge is 0.0669 e. The quantitative estimate of drug-likeness (QED) is 0.709. The molecule has 0 aliphatic heterocycles. The molecule has 3 rings (SSSR count). The van der Waals surface area contributed by atoms with Crippen molar-refractivity contribution < 1.29 is 0 Å². The Morgan fingerprint density at radius 1 is 1.25 bits per heavy atom. The van der Waals surface area contributed by atoms with Crippen LogP contribution in [-0.2, 0) is 7.05 Å². The summed E-state index contributed by atoms with van der Waals surface area (Å²) >= 11 is 0. The zero-order chi connectivity index (χ0) is 11.7. The van der Waals surface area contributed by atoms with Crippen molar-refractivity contribution in [3.8, 4) is 0 Å². The maximum Gasteiger partial charge on any atom is 0.0669 e. The van der Waals surface area contributed by atoms with Crippen LogP contribution in [0.5, 0.6) is 0 Å². The summed E-state index contributed by atoms with van der Waals surface area (Å²) in [5, 5.41) is 1.44. The first kappa shape index (κ1) is 11.2. The van der Waals surface area contributed by atoms with Gasteiger partial charge in [-0.1, -0.05) is 13.8 Å². The average molecular weight is 216 g/mol. The second-order valence-corrected chi connectivity index (χ2v) is 4.32. The fourth-order valence-electron chi connectivity index (χ4n) is 2.24. The lowest BCUT2D eigenvalue weighted by Crippen LogP contribution is -1.85. The third-order valence-corrected chi connectivity index (χ3v) is 3.13. The highest BCUT2D eigenvalue weighted by atomic mass is 14.9. The molecule has 1 saturated carbocycles. The molecule has 16 heavy (non-hydrogen) atoms. The third kappa shape index (κ3) is 1.73. The zero-order valence-corrected chi connectivity index (χ0v) is 10.6. The van der Waals surface area contributed by atoms with Crippen molar-refractivity contribution in [3.63, 3.8) is 0 Å². The van der Waals surface area contributed by atoms with E-state index < -0.39 is 0 Å². The minimum absolute atomic E-state index is 0.819. The first-order valence-corrected chi connectivity index (χ1v) is 6.17. The number of fused-ring (bicyclic) bond motifs is 1. The molecular weight excluding hydrogens is 196 g/mol. The van der Waals surface area contributed by atoms with Crippen molar-refractivity contribution in [2.75, 3.05) is 0 Å². The maximum absolute atomic E-state index is 4.25. The van der Waals surface area contributed by atoms with E-state index in [0.717, 1.165) is 5.92 Å². The van der Waals surface area contributed by atoms with Gasteiger partial charge in [-0.3, -0.25) is 4.98 Å². The molecule has 0 N–H and O–H groups in total. The molecule has 2 heteroatoms. The lowest BCUT2D eigenvalue weighted by molar-refractivity contribution is 0.949. The number of pyridine rings is 1. The minimum atomic E-state index is 0.819. The molecule has 2 heterocycles. The van der Waals surface area contributed by atoms with Gasteiger partial charge in [0.15, 0.2) is 0 Å². The molecule has 1 aliphatic rings. The second kappa shape index (κ2) is 4.28. The Morgan fingerprint density at radius 2 is 1.94 bits per heavy atom. The number of nitrogens with zero attached hydrogens (tertiary/aromatic N) is 2. The van der Waals surface area contributed by atoms with E-state index in [0.29, 0.717) is 0 Å². The fraction of sp³-hybridized carbons (Fsp3) is 0.500. The molecule has 0 aromatic carbocycles. The van der Waals surface area contributed by atoms with Crippen molar-refractivity contribution in [1.82, 2.24) is 9.55 Å². The van der Waals surface area contributed by atoms with Gasteiger partial charge in [-0.25, -0.2) is 0 Å². The van der Waals surface area contributed by atoms with Crippen LogP contribution in [0.1, 0.15) is 43.7 Å². The molecule has 0 bridgehead atoms. The lowest BCUT2D eigenvalue weighted by atomic mass is 10.1. The first-order valence-electron chi connectivity index (χ1n) is 6.17. The highest BCUT2D eigenvalue weighted by molar-refractivity contribution is 5.87. The Balaban J connectivity index is 0.000000457. The molecule has 0 spiro atoms. The van der Waals surface area contributed by atoms with Gasteiger partial charge in [0.05, 0.1) is 11.7 Å². The van der Waals surface area contributed by atoms with Crippen molar-refractivity contribution >= 4 is 10.9 Å². The number of aryl methyl sites for hydroxylation is 2. The van der Waals surface area contributed by atoms with E-state index in [9.17, 15) is 0 Å². The number of aromatic nitrogens is 2. The number of hydrogen-bond donors (Lipinski definition) is 0. The van der Waals surface area contributed by atoms with Crippen LogP contribution in [0.2, 0.25) is 0 Å². The standard InChI is InChI=1S/C12H14N2.C2H6/c1-8-5-13-6-11-12(8)10(7-14(11)2)9-3-4-9;1-2/h5-7,9H,3-4H2,1-2H3;1-2H3. The van der Waals surface area contributed by atoms with Crippen LogP contribution in [0, 0.1) is 6.92 Å². The fourth-order valence-corrected chi connectivity index (χ4v) is 2.24. The lowest BCUT2D eigenvalue weighted by Gasteiger charge is -1.99. The average Bonchev–Trinajstić information content (AvgIpc) is 3.08. The van der Waals surface area contributed by atoms with Gasteiger partial charge in [-0.05, 0) is 36.8 Å². The van der Waals surface area contributed by atoms with Crippen LogP contribution in [0.25, 0.3) is 10.9 Å². The van der Waals surface area contributed by atoms with E-state index in [2.05, 4.69) is 29.7 Å². The zero-order valence-electron chi connectivity index (χ0n) is 10.6. The summed E-state index contributed by atoms with van der Waals surface area (Å²) in [6, 6.07) is 0. The van der Waals surface area contributed by atoms with Crippen molar-refractivity contribution in [2.45, 2.75) is 39.5 Å². The van der Waals surface area contributed by atoms with E-state index in [1.54, 1.807) is 0 Å². The Hall–Kier alpha value is -1.31. The van der Waals surface area contributed by atoms with E-state index in [1.807, 2.05) is 26.2 Å². The topological polar surface area (TPSA) is 17.8 Å². The molecule has 1 fully saturated rings. The Morgan fingerprint density at radius 3 is 2.56 bits per heavy atom. The summed E-state index contributed by atoms with van der Waals surface area (Å²) in [7, 11) is 2.11. The second-order valence-electron chi connectivity index (χ2n) is 4.32. The molecule has 0 saturated heterocycles. The molecule has 0 radical (unpaired) electrons. The highest BCUT2D eigenvalue weighted by Gasteiger charge is 2.27. The van der Waals surface area contributed by atoms with Gasteiger partial charge < -0.3 is 4.57 Å². The van der Waals surface area contributed by atoms with Crippen LogP contribution in [0.15, 0.2) is 18.6 Å². The third-order valence-electron chi connectivity index (χ3n) is 3.13. The van der Waals surface area contributed by atoms with Crippen molar-refractivity contribution in [3.05, 3.63) is 29.7 Å². The van der Waals surface area contributed by atoms with E-state index in [1.165, 1.54) is 34.9 Å². The Labute approximate surface area is 97.3 Å². The summed E-state index contributed by atoms with van der Waals surface area (Å²) in [5.74, 6) is 0.819. The molecule has 2 nitrogen and oxygen atoms in total.